The molecule has 0 aliphatic heterocycles. The Morgan fingerprint density at radius 1 is 1.00 bits per heavy atom. The number of hydrogen-bond acceptors (Lipinski definition) is 2. The van der Waals surface area contributed by atoms with E-state index in [2.05, 4.69) is 6.92 Å². The first-order valence-corrected chi connectivity index (χ1v) is 7.23. The van der Waals surface area contributed by atoms with Crippen molar-refractivity contribution in [3.63, 3.8) is 0 Å². The highest BCUT2D eigenvalue weighted by atomic mass is 35.5. The number of ether oxygens (including phenoxy) is 2. The predicted octanol–water partition coefficient (Wildman–Crippen LogP) is 3.84. The molecule has 0 spiro atoms. The highest BCUT2D eigenvalue weighted by molar-refractivity contribution is 6.18. The van der Waals surface area contributed by atoms with Crippen molar-refractivity contribution in [2.75, 3.05) is 31.6 Å². The Balaban J connectivity index is 3.29. The highest BCUT2D eigenvalue weighted by Crippen LogP contribution is 2.09. The minimum Gasteiger partial charge on any atom is -0.378 e. The van der Waals surface area contributed by atoms with Gasteiger partial charge in [0.15, 0.2) is 0 Å². The van der Waals surface area contributed by atoms with Gasteiger partial charge < -0.3 is 9.47 Å². The fraction of sp³-hybridized carbons (Fsp3) is 1.00. The molecule has 0 rings (SSSR count). The van der Waals surface area contributed by atoms with Gasteiger partial charge in [-0.2, -0.15) is 0 Å². The standard InChI is InChI=1S/C12H24Cl2O2/c1-2-3-4-5-6-12(11-14)16-10-9-15-8-7-13/h12H,2-11H2,1H3/t12-/m0/s1. The maximum absolute atomic E-state index is 5.83. The summed E-state index contributed by atoms with van der Waals surface area (Å²) in [5, 5.41) is 0. The third-order valence-electron chi connectivity index (χ3n) is 2.35. The van der Waals surface area contributed by atoms with Crippen LogP contribution in [-0.2, 0) is 9.47 Å². The molecule has 4 heteroatoms. The second-order valence-electron chi connectivity index (χ2n) is 3.80. The third kappa shape index (κ3) is 11.0. The van der Waals surface area contributed by atoms with E-state index in [1.54, 1.807) is 0 Å². The molecule has 0 aliphatic rings. The predicted molar refractivity (Wildman–Crippen MR) is 70.8 cm³/mol. The summed E-state index contributed by atoms with van der Waals surface area (Å²) in [6, 6.07) is 0. The van der Waals surface area contributed by atoms with Crippen LogP contribution >= 0.6 is 23.2 Å². The Labute approximate surface area is 110 Å². The Morgan fingerprint density at radius 3 is 2.44 bits per heavy atom. The van der Waals surface area contributed by atoms with Crippen LogP contribution in [0, 0.1) is 0 Å². The molecule has 0 aromatic heterocycles. The van der Waals surface area contributed by atoms with E-state index in [0.29, 0.717) is 31.6 Å². The average molecular weight is 271 g/mol. The van der Waals surface area contributed by atoms with Crippen LogP contribution in [0.15, 0.2) is 0 Å². The fourth-order valence-electron chi connectivity index (χ4n) is 1.43. The second-order valence-corrected chi connectivity index (χ2v) is 4.48. The van der Waals surface area contributed by atoms with Gasteiger partial charge in [-0.3, -0.25) is 0 Å². The molecule has 0 saturated heterocycles. The van der Waals surface area contributed by atoms with Gasteiger partial charge in [0.25, 0.3) is 0 Å². The van der Waals surface area contributed by atoms with E-state index in [-0.39, 0.29) is 6.10 Å². The smallest absolute Gasteiger partial charge is 0.0711 e. The van der Waals surface area contributed by atoms with Crippen LogP contribution in [-0.4, -0.2) is 37.7 Å². The minimum absolute atomic E-state index is 0.179. The number of hydrogen-bond donors (Lipinski definition) is 0. The van der Waals surface area contributed by atoms with Crippen molar-refractivity contribution in [3.05, 3.63) is 0 Å². The number of halogens is 2. The SMILES string of the molecule is CCCCCC[C@@H](CCl)OCCOCCCl. The Kier molecular flexibility index (Phi) is 14.0. The van der Waals surface area contributed by atoms with Gasteiger partial charge in [-0.15, -0.1) is 23.2 Å². The van der Waals surface area contributed by atoms with Crippen LogP contribution in [0.3, 0.4) is 0 Å². The van der Waals surface area contributed by atoms with Gasteiger partial charge >= 0.3 is 0 Å². The van der Waals surface area contributed by atoms with Crippen molar-refractivity contribution in [2.45, 2.75) is 45.1 Å². The van der Waals surface area contributed by atoms with Crippen LogP contribution in [0.2, 0.25) is 0 Å². The molecule has 0 aliphatic carbocycles. The molecule has 0 heterocycles. The van der Waals surface area contributed by atoms with Gasteiger partial charge in [0.05, 0.1) is 25.9 Å². The van der Waals surface area contributed by atoms with Crippen LogP contribution in [0.1, 0.15) is 39.0 Å². The van der Waals surface area contributed by atoms with Crippen molar-refractivity contribution >= 4 is 23.2 Å². The average Bonchev–Trinajstić information content (AvgIpc) is 2.31. The molecule has 1 atom stereocenters. The number of rotatable bonds is 12. The zero-order chi connectivity index (χ0) is 12.1. The molecule has 98 valence electrons. The first kappa shape index (κ1) is 16.5. The lowest BCUT2D eigenvalue weighted by molar-refractivity contribution is 0.0131. The van der Waals surface area contributed by atoms with Crippen molar-refractivity contribution in [2.24, 2.45) is 0 Å². The summed E-state index contributed by atoms with van der Waals surface area (Å²) in [6.45, 7) is 4.02. The maximum Gasteiger partial charge on any atom is 0.0711 e. The fourth-order valence-corrected chi connectivity index (χ4v) is 1.79. The van der Waals surface area contributed by atoms with Crippen molar-refractivity contribution in [1.29, 1.82) is 0 Å². The van der Waals surface area contributed by atoms with Gasteiger partial charge in [-0.1, -0.05) is 32.6 Å². The highest BCUT2D eigenvalue weighted by Gasteiger charge is 2.06. The van der Waals surface area contributed by atoms with E-state index < -0.39 is 0 Å². The van der Waals surface area contributed by atoms with Crippen molar-refractivity contribution in [3.8, 4) is 0 Å². The number of alkyl halides is 2. The summed E-state index contributed by atoms with van der Waals surface area (Å²) in [7, 11) is 0. The minimum atomic E-state index is 0.179. The summed E-state index contributed by atoms with van der Waals surface area (Å²) >= 11 is 11.3. The van der Waals surface area contributed by atoms with Gasteiger partial charge in [-0.25, -0.2) is 0 Å². The van der Waals surface area contributed by atoms with Gasteiger partial charge in [0, 0.05) is 11.8 Å². The molecule has 0 N–H and O–H groups in total. The number of unbranched alkanes of at least 4 members (excludes halogenated alkanes) is 3. The molecule has 2 nitrogen and oxygen atoms in total. The topological polar surface area (TPSA) is 18.5 Å². The maximum atomic E-state index is 5.83. The molecular weight excluding hydrogens is 247 g/mol. The Morgan fingerprint density at radius 2 is 1.81 bits per heavy atom. The first-order chi connectivity index (χ1) is 7.85. The van der Waals surface area contributed by atoms with Crippen LogP contribution < -0.4 is 0 Å². The third-order valence-corrected chi connectivity index (χ3v) is 2.85. The zero-order valence-electron chi connectivity index (χ0n) is 10.2. The van der Waals surface area contributed by atoms with Crippen molar-refractivity contribution < 1.29 is 9.47 Å². The molecule has 0 amide bonds. The molecule has 0 aromatic rings. The molecule has 0 radical (unpaired) electrons. The molecule has 16 heavy (non-hydrogen) atoms. The molecule has 0 saturated carbocycles. The first-order valence-electron chi connectivity index (χ1n) is 6.16. The summed E-state index contributed by atoms with van der Waals surface area (Å²) in [4.78, 5) is 0. The van der Waals surface area contributed by atoms with E-state index >= 15 is 0 Å². The van der Waals surface area contributed by atoms with E-state index in [1.165, 1.54) is 25.7 Å². The van der Waals surface area contributed by atoms with Gasteiger partial charge in [0.2, 0.25) is 0 Å². The summed E-state index contributed by atoms with van der Waals surface area (Å²) < 4.78 is 10.8. The van der Waals surface area contributed by atoms with Crippen molar-refractivity contribution in [1.82, 2.24) is 0 Å². The lowest BCUT2D eigenvalue weighted by Crippen LogP contribution is -2.18. The quantitative estimate of drug-likeness (QED) is 0.396. The van der Waals surface area contributed by atoms with E-state index in [1.807, 2.05) is 0 Å². The lowest BCUT2D eigenvalue weighted by atomic mass is 10.1. The van der Waals surface area contributed by atoms with E-state index in [9.17, 15) is 0 Å². The molecule has 0 aromatic carbocycles. The summed E-state index contributed by atoms with van der Waals surface area (Å²) in [5.41, 5.74) is 0. The van der Waals surface area contributed by atoms with Gasteiger partial charge in [-0.05, 0) is 6.42 Å². The molecule has 0 bridgehead atoms. The molecule has 0 unspecified atom stereocenters. The van der Waals surface area contributed by atoms with Crippen LogP contribution in [0.4, 0.5) is 0 Å². The summed E-state index contributed by atoms with van der Waals surface area (Å²) in [6.07, 6.45) is 6.27. The zero-order valence-corrected chi connectivity index (χ0v) is 11.7. The molecule has 0 fully saturated rings. The Hall–Kier alpha value is 0.500. The largest absolute Gasteiger partial charge is 0.378 e. The lowest BCUT2D eigenvalue weighted by Gasteiger charge is -2.15. The molecular formula is C12H24Cl2O2. The second kappa shape index (κ2) is 13.6. The Bertz CT molecular complexity index is 134. The van der Waals surface area contributed by atoms with Gasteiger partial charge in [0.1, 0.15) is 0 Å². The monoisotopic (exact) mass is 270 g/mol. The summed E-state index contributed by atoms with van der Waals surface area (Å²) in [5.74, 6) is 1.11. The van der Waals surface area contributed by atoms with E-state index in [4.69, 9.17) is 32.7 Å². The van der Waals surface area contributed by atoms with Crippen LogP contribution in [0.25, 0.3) is 0 Å². The van der Waals surface area contributed by atoms with E-state index in [0.717, 1.165) is 6.42 Å². The van der Waals surface area contributed by atoms with Crippen LogP contribution in [0.5, 0.6) is 0 Å². The normalized spacial score (nSPS) is 12.9.